The molecule has 2 rings (SSSR count). The van der Waals surface area contributed by atoms with Crippen LogP contribution >= 0.6 is 0 Å². The average Bonchev–Trinajstić information content (AvgIpc) is 2.67. The maximum Gasteiger partial charge on any atom is 1.00 e. The van der Waals surface area contributed by atoms with Gasteiger partial charge >= 0.3 is 29.6 Å². The van der Waals surface area contributed by atoms with E-state index in [1.165, 1.54) is 24.3 Å². The monoisotopic (exact) mass is 407 g/mol. The molecule has 5 N–H and O–H groups in total. The molecule has 0 radical (unpaired) electrons. The number of benzene rings is 1. The van der Waals surface area contributed by atoms with Gasteiger partial charge in [-0.3, -0.25) is 10.0 Å². The van der Waals surface area contributed by atoms with Gasteiger partial charge in [-0.25, -0.2) is 5.06 Å². The van der Waals surface area contributed by atoms with E-state index in [1.54, 1.807) is 0 Å². The van der Waals surface area contributed by atoms with Gasteiger partial charge in [-0.2, -0.15) is 0 Å². The van der Waals surface area contributed by atoms with Gasteiger partial charge in [0.25, 0.3) is 5.91 Å². The van der Waals surface area contributed by atoms with Gasteiger partial charge in [-0.1, -0.05) is 12.1 Å². The van der Waals surface area contributed by atoms with E-state index in [9.17, 15) is 35.2 Å². The van der Waals surface area contributed by atoms with Crippen molar-refractivity contribution in [1.82, 2.24) is 5.06 Å². The molecule has 10 nitrogen and oxygen atoms in total. The molecule has 0 saturated carbocycles. The first kappa shape index (κ1) is 25.0. The zero-order valence-corrected chi connectivity index (χ0v) is 17.3. The van der Waals surface area contributed by atoms with Crippen molar-refractivity contribution in [2.45, 2.75) is 43.4 Å². The second-order valence-electron chi connectivity index (χ2n) is 6.30. The number of carbonyl (C=O) groups excluding carboxylic acids is 2. The minimum atomic E-state index is -1.48. The summed E-state index contributed by atoms with van der Waals surface area (Å²) in [7, 11) is 0. The Balaban J connectivity index is 0.00000392. The van der Waals surface area contributed by atoms with Crippen molar-refractivity contribution in [2.75, 3.05) is 13.2 Å². The molecule has 1 amide bonds. The maximum absolute atomic E-state index is 12.1. The molecule has 11 heteroatoms. The number of ether oxygens (including phenoxy) is 1. The van der Waals surface area contributed by atoms with Crippen LogP contribution in [0.25, 0.3) is 0 Å². The SMILES string of the molecule is O=C([O-])c1ccc(C(=O)N(O)CCC[C@H]2O[C@H](CO)[C@@H](O)[C@H](O)[C@@H]2O)cc1.[Na+]. The summed E-state index contributed by atoms with van der Waals surface area (Å²) in [4.78, 5) is 22.8. The number of carboxylic acids is 1. The van der Waals surface area contributed by atoms with E-state index in [2.05, 4.69) is 0 Å². The molecule has 1 aliphatic rings. The maximum atomic E-state index is 12.1. The van der Waals surface area contributed by atoms with Gasteiger partial charge in [0.15, 0.2) is 0 Å². The van der Waals surface area contributed by atoms with Crippen LogP contribution in [0.4, 0.5) is 0 Å². The fraction of sp³-hybridized carbons (Fsp3) is 0.529. The summed E-state index contributed by atoms with van der Waals surface area (Å²) in [6, 6.07) is 4.86. The van der Waals surface area contributed by atoms with Crippen molar-refractivity contribution in [3.63, 3.8) is 0 Å². The largest absolute Gasteiger partial charge is 1.00 e. The Bertz CT molecular complexity index is 655. The fourth-order valence-corrected chi connectivity index (χ4v) is 2.86. The smallest absolute Gasteiger partial charge is 0.545 e. The summed E-state index contributed by atoms with van der Waals surface area (Å²) in [6.07, 6.45) is -5.84. The van der Waals surface area contributed by atoms with Crippen LogP contribution in [0.5, 0.6) is 0 Å². The van der Waals surface area contributed by atoms with E-state index in [1.807, 2.05) is 0 Å². The number of hydrogen-bond donors (Lipinski definition) is 5. The number of hydroxylamine groups is 2. The molecular formula is C17H22NNaO9. The molecular weight excluding hydrogens is 385 g/mol. The van der Waals surface area contributed by atoms with E-state index in [-0.39, 0.29) is 60.1 Å². The van der Waals surface area contributed by atoms with Crippen LogP contribution in [0.3, 0.4) is 0 Å². The molecule has 28 heavy (non-hydrogen) atoms. The molecule has 1 aliphatic heterocycles. The summed E-state index contributed by atoms with van der Waals surface area (Å²) in [5, 5.41) is 59.5. The number of aliphatic hydroxyl groups is 4. The number of carboxylic acid groups (broad SMARTS) is 1. The second kappa shape index (κ2) is 11.2. The van der Waals surface area contributed by atoms with Crippen molar-refractivity contribution in [2.24, 2.45) is 0 Å². The van der Waals surface area contributed by atoms with Crippen molar-refractivity contribution in [3.8, 4) is 0 Å². The van der Waals surface area contributed by atoms with Crippen molar-refractivity contribution in [3.05, 3.63) is 35.4 Å². The van der Waals surface area contributed by atoms with Crippen molar-refractivity contribution >= 4 is 11.9 Å². The average molecular weight is 407 g/mol. The van der Waals surface area contributed by atoms with Gasteiger partial charge < -0.3 is 35.1 Å². The molecule has 0 bridgehead atoms. The minimum Gasteiger partial charge on any atom is -0.545 e. The Hall–Kier alpha value is -1.08. The summed E-state index contributed by atoms with van der Waals surface area (Å²) < 4.78 is 5.34. The first-order valence-electron chi connectivity index (χ1n) is 8.39. The Morgan fingerprint density at radius 3 is 2.07 bits per heavy atom. The molecule has 0 spiro atoms. The quantitative estimate of drug-likeness (QED) is 0.168. The van der Waals surface area contributed by atoms with Crippen LogP contribution in [-0.2, 0) is 4.74 Å². The minimum absolute atomic E-state index is 0. The number of nitrogens with zero attached hydrogens (tertiary/aromatic N) is 1. The molecule has 0 aliphatic carbocycles. The van der Waals surface area contributed by atoms with Gasteiger partial charge in [0, 0.05) is 12.1 Å². The summed E-state index contributed by atoms with van der Waals surface area (Å²) in [5.74, 6) is -2.12. The Morgan fingerprint density at radius 1 is 1.00 bits per heavy atom. The second-order valence-corrected chi connectivity index (χ2v) is 6.30. The number of amides is 1. The van der Waals surface area contributed by atoms with Crippen molar-refractivity contribution in [1.29, 1.82) is 0 Å². The number of rotatable bonds is 7. The summed E-state index contributed by atoms with van der Waals surface area (Å²) in [5.41, 5.74) is -0.0194. The zero-order valence-electron chi connectivity index (χ0n) is 15.3. The third kappa shape index (κ3) is 5.96. The Morgan fingerprint density at radius 2 is 1.54 bits per heavy atom. The molecule has 1 heterocycles. The molecule has 0 unspecified atom stereocenters. The molecule has 0 aromatic heterocycles. The molecule has 150 valence electrons. The number of aliphatic hydroxyl groups excluding tert-OH is 4. The first-order valence-corrected chi connectivity index (χ1v) is 8.39. The predicted octanol–water partition coefficient (Wildman–Crippen LogP) is -5.49. The normalized spacial score (nSPS) is 27.0. The predicted molar refractivity (Wildman–Crippen MR) is 86.6 cm³/mol. The Kier molecular flexibility index (Phi) is 9.98. The van der Waals surface area contributed by atoms with Crippen LogP contribution in [0.15, 0.2) is 24.3 Å². The standard InChI is InChI=1S/C17H23NO9.Na/c19-8-12-14(21)15(22)13(20)11(27-12)2-1-7-18(26)16(23)9-3-5-10(6-4-9)17(24)25;/h3-6,11-15,19-22,26H,1-2,7-8H2,(H,24,25);/q;+1/p-1/t11-,12-,13-,14-,15-;/m1./s1. The number of hydrogen-bond acceptors (Lipinski definition) is 9. The molecule has 1 fully saturated rings. The van der Waals surface area contributed by atoms with E-state index in [4.69, 9.17) is 9.84 Å². The van der Waals surface area contributed by atoms with Crippen LogP contribution in [0.2, 0.25) is 0 Å². The topological polar surface area (TPSA) is 171 Å². The molecule has 1 saturated heterocycles. The van der Waals surface area contributed by atoms with E-state index >= 15 is 0 Å². The fourth-order valence-electron chi connectivity index (χ4n) is 2.86. The molecule has 1 aromatic carbocycles. The summed E-state index contributed by atoms with van der Waals surface area (Å²) in [6.45, 7) is -0.649. The van der Waals surface area contributed by atoms with Crippen LogP contribution in [0.1, 0.15) is 33.6 Å². The van der Waals surface area contributed by atoms with Crippen LogP contribution < -0.4 is 34.7 Å². The Labute approximate surface area is 183 Å². The molecule has 5 atom stereocenters. The third-order valence-corrected chi connectivity index (χ3v) is 4.45. The van der Waals surface area contributed by atoms with Crippen LogP contribution in [0, 0.1) is 0 Å². The zero-order chi connectivity index (χ0) is 20.1. The molecule has 1 aromatic rings. The van der Waals surface area contributed by atoms with E-state index < -0.39 is 49.0 Å². The number of aromatic carboxylic acids is 1. The number of carbonyl (C=O) groups is 2. The van der Waals surface area contributed by atoms with E-state index in [0.29, 0.717) is 5.06 Å². The third-order valence-electron chi connectivity index (χ3n) is 4.45. The van der Waals surface area contributed by atoms with Gasteiger partial charge in [0.2, 0.25) is 0 Å². The van der Waals surface area contributed by atoms with Crippen molar-refractivity contribution < 1.29 is 74.6 Å². The van der Waals surface area contributed by atoms with Gasteiger partial charge in [0.1, 0.15) is 24.4 Å². The van der Waals surface area contributed by atoms with Gasteiger partial charge in [-0.15, -0.1) is 0 Å². The van der Waals surface area contributed by atoms with Crippen LogP contribution in [-0.4, -0.2) is 86.2 Å². The summed E-state index contributed by atoms with van der Waals surface area (Å²) >= 11 is 0. The van der Waals surface area contributed by atoms with Gasteiger partial charge in [0.05, 0.1) is 18.7 Å². The van der Waals surface area contributed by atoms with E-state index in [0.717, 1.165) is 0 Å². The first-order chi connectivity index (χ1) is 12.8. The van der Waals surface area contributed by atoms with Gasteiger partial charge in [-0.05, 0) is 30.5 Å².